The molecule has 0 spiro atoms. The van der Waals surface area contributed by atoms with Gasteiger partial charge in [0.05, 0.1) is 18.7 Å². The fourth-order valence-corrected chi connectivity index (χ4v) is 3.63. The number of carboxylic acid groups (broad SMARTS) is 1. The number of rotatable bonds is 7. The van der Waals surface area contributed by atoms with E-state index in [0.717, 1.165) is 15.8 Å². The maximum absolute atomic E-state index is 10.6. The molecular formula is C15H17NO3S2. The van der Waals surface area contributed by atoms with Crippen LogP contribution >= 0.6 is 23.1 Å². The second-order valence-corrected chi connectivity index (χ2v) is 6.90. The molecule has 0 aliphatic heterocycles. The Morgan fingerprint density at radius 3 is 2.71 bits per heavy atom. The number of aromatic nitrogens is 1. The standard InChI is InChI=1S/C15H17NO3S2/c1-10-5-11(2)7-13(6-10)19-3-4-20-15-16-12(9-21-15)8-14(17)18/h5-7,9H,3-4,8H2,1-2H3,(H,17,18). The van der Waals surface area contributed by atoms with Gasteiger partial charge in [0.2, 0.25) is 0 Å². The van der Waals surface area contributed by atoms with Crippen molar-refractivity contribution in [3.63, 3.8) is 0 Å². The highest BCUT2D eigenvalue weighted by Crippen LogP contribution is 2.23. The van der Waals surface area contributed by atoms with E-state index in [1.54, 1.807) is 17.1 Å². The van der Waals surface area contributed by atoms with Crippen molar-refractivity contribution in [3.8, 4) is 5.75 Å². The third kappa shape index (κ3) is 5.40. The van der Waals surface area contributed by atoms with Crippen molar-refractivity contribution < 1.29 is 14.6 Å². The number of thioether (sulfide) groups is 1. The molecule has 0 atom stereocenters. The van der Waals surface area contributed by atoms with Crippen molar-refractivity contribution in [2.24, 2.45) is 0 Å². The van der Waals surface area contributed by atoms with Crippen molar-refractivity contribution >= 4 is 29.1 Å². The highest BCUT2D eigenvalue weighted by Gasteiger charge is 2.06. The quantitative estimate of drug-likeness (QED) is 0.623. The van der Waals surface area contributed by atoms with E-state index in [0.29, 0.717) is 12.3 Å². The van der Waals surface area contributed by atoms with E-state index >= 15 is 0 Å². The molecule has 0 radical (unpaired) electrons. The number of hydrogen-bond donors (Lipinski definition) is 1. The summed E-state index contributed by atoms with van der Waals surface area (Å²) >= 11 is 3.06. The van der Waals surface area contributed by atoms with Crippen LogP contribution in [0.5, 0.6) is 5.75 Å². The van der Waals surface area contributed by atoms with Gasteiger partial charge in [-0.25, -0.2) is 4.98 Å². The van der Waals surface area contributed by atoms with Crippen LogP contribution in [0.3, 0.4) is 0 Å². The van der Waals surface area contributed by atoms with E-state index in [1.807, 2.05) is 26.0 Å². The molecule has 2 aromatic rings. The van der Waals surface area contributed by atoms with Gasteiger partial charge in [0.15, 0.2) is 0 Å². The van der Waals surface area contributed by atoms with Crippen LogP contribution in [0.15, 0.2) is 27.9 Å². The molecule has 1 heterocycles. The number of carbonyl (C=O) groups is 1. The number of thiazole rings is 1. The second kappa shape index (κ2) is 7.47. The number of aryl methyl sites for hydroxylation is 2. The molecule has 1 N–H and O–H groups in total. The van der Waals surface area contributed by atoms with Crippen molar-refractivity contribution in [2.45, 2.75) is 24.6 Å². The van der Waals surface area contributed by atoms with Crippen LogP contribution in [-0.2, 0) is 11.2 Å². The van der Waals surface area contributed by atoms with Gasteiger partial charge >= 0.3 is 5.97 Å². The summed E-state index contributed by atoms with van der Waals surface area (Å²) in [6.45, 7) is 4.70. The third-order valence-corrected chi connectivity index (χ3v) is 4.67. The fourth-order valence-electron chi connectivity index (χ4n) is 1.90. The largest absolute Gasteiger partial charge is 0.493 e. The van der Waals surface area contributed by atoms with Gasteiger partial charge in [0, 0.05) is 11.1 Å². The number of hydrogen-bond acceptors (Lipinski definition) is 5. The Morgan fingerprint density at radius 1 is 1.33 bits per heavy atom. The van der Waals surface area contributed by atoms with Crippen molar-refractivity contribution in [3.05, 3.63) is 40.4 Å². The molecule has 0 amide bonds. The van der Waals surface area contributed by atoms with Gasteiger partial charge in [-0.05, 0) is 37.1 Å². The van der Waals surface area contributed by atoms with Gasteiger partial charge in [-0.1, -0.05) is 17.8 Å². The number of nitrogens with zero attached hydrogens (tertiary/aromatic N) is 1. The normalized spacial score (nSPS) is 10.6. The molecule has 1 aromatic carbocycles. The van der Waals surface area contributed by atoms with Crippen LogP contribution < -0.4 is 4.74 Å². The molecule has 0 aliphatic carbocycles. The Bertz CT molecular complexity index is 605. The topological polar surface area (TPSA) is 59.4 Å². The van der Waals surface area contributed by atoms with E-state index in [9.17, 15) is 4.79 Å². The summed E-state index contributed by atoms with van der Waals surface area (Å²) in [5.74, 6) is 0.821. The van der Waals surface area contributed by atoms with Crippen molar-refractivity contribution in [1.82, 2.24) is 4.98 Å². The first-order valence-electron chi connectivity index (χ1n) is 6.53. The molecule has 0 aliphatic rings. The highest BCUT2D eigenvalue weighted by molar-refractivity contribution is 8.01. The lowest BCUT2D eigenvalue weighted by atomic mass is 10.1. The first kappa shape index (κ1) is 15.9. The molecule has 0 unspecified atom stereocenters. The van der Waals surface area contributed by atoms with E-state index in [-0.39, 0.29) is 6.42 Å². The minimum atomic E-state index is -0.852. The number of ether oxygens (including phenoxy) is 1. The van der Waals surface area contributed by atoms with E-state index in [4.69, 9.17) is 9.84 Å². The Hall–Kier alpha value is -1.53. The van der Waals surface area contributed by atoms with Crippen molar-refractivity contribution in [2.75, 3.05) is 12.4 Å². The van der Waals surface area contributed by atoms with Crippen LogP contribution in [0, 0.1) is 13.8 Å². The summed E-state index contributed by atoms with van der Waals surface area (Å²) < 4.78 is 6.61. The van der Waals surface area contributed by atoms with Gasteiger partial charge in [-0.2, -0.15) is 0 Å². The van der Waals surface area contributed by atoms with Gasteiger partial charge in [0.25, 0.3) is 0 Å². The van der Waals surface area contributed by atoms with Crippen LogP contribution in [0.25, 0.3) is 0 Å². The molecule has 2 rings (SSSR count). The van der Waals surface area contributed by atoms with Gasteiger partial charge in [0.1, 0.15) is 10.1 Å². The van der Waals surface area contributed by atoms with Crippen LogP contribution in [-0.4, -0.2) is 28.4 Å². The zero-order valence-corrected chi connectivity index (χ0v) is 13.6. The number of carboxylic acids is 1. The van der Waals surface area contributed by atoms with Gasteiger partial charge in [-0.3, -0.25) is 4.79 Å². The Labute approximate surface area is 132 Å². The minimum absolute atomic E-state index is 0.0177. The average molecular weight is 323 g/mol. The van der Waals surface area contributed by atoms with Crippen LogP contribution in [0.2, 0.25) is 0 Å². The first-order chi connectivity index (χ1) is 10.0. The van der Waals surface area contributed by atoms with Crippen molar-refractivity contribution in [1.29, 1.82) is 0 Å². The summed E-state index contributed by atoms with van der Waals surface area (Å²) in [5, 5.41) is 10.5. The molecule has 112 valence electrons. The SMILES string of the molecule is Cc1cc(C)cc(OCCSc2nc(CC(=O)O)cs2)c1. The third-order valence-electron chi connectivity index (χ3n) is 2.64. The maximum Gasteiger partial charge on any atom is 0.309 e. The zero-order valence-electron chi connectivity index (χ0n) is 12.0. The number of benzene rings is 1. The lowest BCUT2D eigenvalue weighted by Gasteiger charge is -2.07. The number of aliphatic carboxylic acids is 1. The van der Waals surface area contributed by atoms with Gasteiger partial charge < -0.3 is 9.84 Å². The molecule has 4 nitrogen and oxygen atoms in total. The van der Waals surface area contributed by atoms with Crippen LogP contribution in [0.4, 0.5) is 0 Å². The zero-order chi connectivity index (χ0) is 15.2. The summed E-state index contributed by atoms with van der Waals surface area (Å²) in [7, 11) is 0. The lowest BCUT2D eigenvalue weighted by Crippen LogP contribution is -2.01. The molecule has 0 fully saturated rings. The molecule has 0 saturated heterocycles. The maximum atomic E-state index is 10.6. The first-order valence-corrected chi connectivity index (χ1v) is 8.39. The molecular weight excluding hydrogens is 306 g/mol. The monoisotopic (exact) mass is 323 g/mol. The summed E-state index contributed by atoms with van der Waals surface area (Å²) in [5.41, 5.74) is 3.00. The highest BCUT2D eigenvalue weighted by atomic mass is 32.2. The van der Waals surface area contributed by atoms with E-state index < -0.39 is 5.97 Å². The summed E-state index contributed by atoms with van der Waals surface area (Å²) in [6.07, 6.45) is -0.0177. The Kier molecular flexibility index (Phi) is 5.64. The lowest BCUT2D eigenvalue weighted by molar-refractivity contribution is -0.136. The minimum Gasteiger partial charge on any atom is -0.493 e. The molecule has 21 heavy (non-hydrogen) atoms. The smallest absolute Gasteiger partial charge is 0.309 e. The molecule has 6 heteroatoms. The second-order valence-electron chi connectivity index (χ2n) is 4.70. The van der Waals surface area contributed by atoms with E-state index in [1.165, 1.54) is 22.5 Å². The Balaban J connectivity index is 1.76. The Morgan fingerprint density at radius 2 is 2.05 bits per heavy atom. The molecule has 1 aromatic heterocycles. The predicted octanol–water partition coefficient (Wildman–Crippen LogP) is 3.56. The fraction of sp³-hybridized carbons (Fsp3) is 0.333. The van der Waals surface area contributed by atoms with E-state index in [2.05, 4.69) is 11.1 Å². The average Bonchev–Trinajstić information content (AvgIpc) is 2.80. The summed E-state index contributed by atoms with van der Waals surface area (Å²) in [4.78, 5) is 14.9. The van der Waals surface area contributed by atoms with Gasteiger partial charge in [-0.15, -0.1) is 11.3 Å². The molecule has 0 saturated carbocycles. The predicted molar refractivity (Wildman–Crippen MR) is 85.6 cm³/mol. The molecule has 0 bridgehead atoms. The summed E-state index contributed by atoms with van der Waals surface area (Å²) in [6, 6.07) is 6.15. The van der Waals surface area contributed by atoms with Crippen LogP contribution in [0.1, 0.15) is 16.8 Å².